The number of sulfonamides is 1. The van der Waals surface area contributed by atoms with Gasteiger partial charge in [0.2, 0.25) is 0 Å². The Labute approximate surface area is 165 Å². The van der Waals surface area contributed by atoms with Crippen LogP contribution >= 0.6 is 11.6 Å². The van der Waals surface area contributed by atoms with Crippen LogP contribution in [0.5, 0.6) is 0 Å². The number of halogens is 4. The molecule has 0 saturated carbocycles. The molecule has 0 bridgehead atoms. The van der Waals surface area contributed by atoms with Gasteiger partial charge in [-0.2, -0.15) is 13.2 Å². The Balaban J connectivity index is 1.77. The molecule has 1 aromatic carbocycles. The summed E-state index contributed by atoms with van der Waals surface area (Å²) in [5, 5.41) is 0.292. The van der Waals surface area contributed by atoms with E-state index in [4.69, 9.17) is 16.3 Å². The van der Waals surface area contributed by atoms with Crippen LogP contribution < -0.4 is 10.3 Å². The number of nitrogens with zero attached hydrogens (tertiary/aromatic N) is 1. The molecule has 0 aliphatic carbocycles. The minimum Gasteiger partial charge on any atom is -0.376 e. The van der Waals surface area contributed by atoms with Crippen LogP contribution in [0.4, 0.5) is 13.2 Å². The molecule has 2 heterocycles. The lowest BCUT2D eigenvalue weighted by molar-refractivity contribution is -0.137. The maximum absolute atomic E-state index is 12.7. The van der Waals surface area contributed by atoms with Gasteiger partial charge >= 0.3 is 6.18 Å². The van der Waals surface area contributed by atoms with Crippen molar-refractivity contribution < 1.29 is 26.3 Å². The molecule has 2 unspecified atom stereocenters. The maximum atomic E-state index is 12.7. The van der Waals surface area contributed by atoms with E-state index >= 15 is 0 Å². The van der Waals surface area contributed by atoms with Crippen LogP contribution in [0.2, 0.25) is 5.15 Å². The van der Waals surface area contributed by atoms with Crippen molar-refractivity contribution in [3.63, 3.8) is 0 Å². The quantitative estimate of drug-likeness (QED) is 0.536. The Morgan fingerprint density at radius 2 is 1.89 bits per heavy atom. The molecule has 0 radical (unpaired) electrons. The van der Waals surface area contributed by atoms with Crippen molar-refractivity contribution in [2.24, 2.45) is 0 Å². The summed E-state index contributed by atoms with van der Waals surface area (Å²) in [6.07, 6.45) is -1.79. The van der Waals surface area contributed by atoms with E-state index in [2.05, 4.69) is 15.2 Å². The first-order valence-electron chi connectivity index (χ1n) is 8.34. The minimum atomic E-state index is -4.54. The lowest BCUT2D eigenvalue weighted by Gasteiger charge is -2.24. The summed E-state index contributed by atoms with van der Waals surface area (Å²) in [7, 11) is -4.09. The molecular formula is C17H17ClF3N3O3S. The maximum Gasteiger partial charge on any atom is 0.416 e. The molecular weight excluding hydrogens is 419 g/mol. The molecule has 1 aliphatic rings. The van der Waals surface area contributed by atoms with Gasteiger partial charge in [-0.25, -0.2) is 18.8 Å². The molecule has 0 spiro atoms. The van der Waals surface area contributed by atoms with Crippen LogP contribution in [0.25, 0.3) is 0 Å². The van der Waals surface area contributed by atoms with Crippen LogP contribution in [-0.2, 0) is 20.9 Å². The lowest BCUT2D eigenvalue weighted by atomic mass is 10.0. The first-order chi connectivity index (χ1) is 13.2. The first kappa shape index (κ1) is 21.0. The Kier molecular flexibility index (Phi) is 6.25. The zero-order chi connectivity index (χ0) is 20.4. The van der Waals surface area contributed by atoms with Crippen LogP contribution in [0, 0.1) is 0 Å². The van der Waals surface area contributed by atoms with E-state index in [1.165, 1.54) is 6.20 Å². The average molecular weight is 436 g/mol. The van der Waals surface area contributed by atoms with Crippen LogP contribution in [0.15, 0.2) is 47.5 Å². The number of hydrogen-bond donors (Lipinski definition) is 2. The van der Waals surface area contributed by atoms with Crippen molar-refractivity contribution in [1.29, 1.82) is 0 Å². The third-order valence-electron chi connectivity index (χ3n) is 4.29. The fourth-order valence-corrected chi connectivity index (χ4v) is 3.86. The second kappa shape index (κ2) is 8.34. The molecule has 1 aromatic heterocycles. The zero-order valence-electron chi connectivity index (χ0n) is 14.4. The number of aromatic nitrogens is 1. The lowest BCUT2D eigenvalue weighted by Crippen LogP contribution is -2.44. The number of hydrogen-bond acceptors (Lipinski definition) is 5. The highest BCUT2D eigenvalue weighted by atomic mass is 35.5. The van der Waals surface area contributed by atoms with Gasteiger partial charge in [-0.15, -0.1) is 4.83 Å². The van der Waals surface area contributed by atoms with Crippen molar-refractivity contribution >= 4 is 21.6 Å². The molecule has 6 nitrogen and oxygen atoms in total. The van der Waals surface area contributed by atoms with E-state index in [0.29, 0.717) is 23.7 Å². The molecule has 2 N–H and O–H groups in total. The van der Waals surface area contributed by atoms with E-state index in [-0.39, 0.29) is 11.0 Å². The molecule has 11 heteroatoms. The number of nitrogens with one attached hydrogen (secondary N) is 2. The summed E-state index contributed by atoms with van der Waals surface area (Å²) in [6.45, 7) is 0.551. The summed E-state index contributed by atoms with van der Waals surface area (Å²) in [5.41, 5.74) is 2.44. The highest BCUT2D eigenvalue weighted by Crippen LogP contribution is 2.30. The standard InChI is InChI=1S/C17H17ClF3N3O3S/c18-15-8-3-11(10-22-15)16(14-2-1-9-27-14)23-24-28(25,26)13-6-4-12(5-7-13)17(19,20)21/h3-8,10,14,16,23-24H,1-2,9H2. The number of ether oxygens (including phenoxy) is 1. The predicted octanol–water partition coefficient (Wildman–Crippen LogP) is 3.46. The number of benzene rings is 1. The largest absolute Gasteiger partial charge is 0.416 e. The molecule has 1 fully saturated rings. The van der Waals surface area contributed by atoms with Gasteiger partial charge in [0.05, 0.1) is 22.6 Å². The smallest absolute Gasteiger partial charge is 0.376 e. The van der Waals surface area contributed by atoms with Gasteiger partial charge in [0.1, 0.15) is 5.15 Å². The highest BCUT2D eigenvalue weighted by Gasteiger charge is 2.31. The van der Waals surface area contributed by atoms with E-state index in [1.807, 2.05) is 0 Å². The zero-order valence-corrected chi connectivity index (χ0v) is 16.0. The Morgan fingerprint density at radius 1 is 1.18 bits per heavy atom. The fraction of sp³-hybridized carbons (Fsp3) is 0.353. The Hall–Kier alpha value is -1.72. The summed E-state index contributed by atoms with van der Waals surface area (Å²) in [4.78, 5) is 5.92. The number of alkyl halides is 3. The molecule has 2 atom stereocenters. The third kappa shape index (κ3) is 5.00. The second-order valence-electron chi connectivity index (χ2n) is 6.22. The predicted molar refractivity (Wildman–Crippen MR) is 95.9 cm³/mol. The van der Waals surface area contributed by atoms with Crippen LogP contribution in [0.3, 0.4) is 0 Å². The van der Waals surface area contributed by atoms with E-state index in [1.54, 1.807) is 12.1 Å². The van der Waals surface area contributed by atoms with Crippen molar-refractivity contribution in [1.82, 2.24) is 15.2 Å². The monoisotopic (exact) mass is 435 g/mol. The number of rotatable bonds is 6. The number of pyridine rings is 1. The SMILES string of the molecule is O=S(=O)(NNC(c1ccc(Cl)nc1)C1CCCO1)c1ccc(C(F)(F)F)cc1. The van der Waals surface area contributed by atoms with Gasteiger partial charge in [-0.05, 0) is 48.7 Å². The van der Waals surface area contributed by atoms with E-state index in [9.17, 15) is 21.6 Å². The number of hydrazine groups is 1. The normalized spacial score (nSPS) is 18.9. The highest BCUT2D eigenvalue weighted by molar-refractivity contribution is 7.89. The molecule has 3 rings (SSSR count). The van der Waals surface area contributed by atoms with Gasteiger partial charge in [0.25, 0.3) is 10.0 Å². The van der Waals surface area contributed by atoms with Crippen molar-refractivity contribution in [2.45, 2.75) is 36.1 Å². The van der Waals surface area contributed by atoms with Crippen molar-refractivity contribution in [3.05, 3.63) is 58.9 Å². The molecule has 2 aromatic rings. The van der Waals surface area contributed by atoms with Crippen LogP contribution in [-0.4, -0.2) is 26.1 Å². The molecule has 1 aliphatic heterocycles. The average Bonchev–Trinajstić information content (AvgIpc) is 3.17. The Bertz CT molecular complexity index is 900. The molecule has 1 saturated heterocycles. The van der Waals surface area contributed by atoms with Crippen LogP contribution in [0.1, 0.15) is 30.0 Å². The molecule has 28 heavy (non-hydrogen) atoms. The van der Waals surface area contributed by atoms with E-state index in [0.717, 1.165) is 30.7 Å². The van der Waals surface area contributed by atoms with Gasteiger partial charge in [0.15, 0.2) is 0 Å². The first-order valence-corrected chi connectivity index (χ1v) is 10.2. The minimum absolute atomic E-state index is 0.292. The van der Waals surface area contributed by atoms with Gasteiger partial charge < -0.3 is 4.74 Å². The van der Waals surface area contributed by atoms with Gasteiger partial charge in [0, 0.05) is 12.8 Å². The summed E-state index contributed by atoms with van der Waals surface area (Å²) in [6, 6.07) is 5.96. The Morgan fingerprint density at radius 3 is 2.43 bits per heavy atom. The van der Waals surface area contributed by atoms with E-state index < -0.39 is 27.8 Å². The fourth-order valence-electron chi connectivity index (χ4n) is 2.85. The van der Waals surface area contributed by atoms with Gasteiger partial charge in [-0.1, -0.05) is 17.7 Å². The molecule has 0 amide bonds. The summed E-state index contributed by atoms with van der Waals surface area (Å²) in [5.74, 6) is 0. The third-order valence-corrected chi connectivity index (χ3v) is 5.79. The second-order valence-corrected chi connectivity index (χ2v) is 8.29. The van der Waals surface area contributed by atoms with Gasteiger partial charge in [-0.3, -0.25) is 0 Å². The molecule has 152 valence electrons. The van der Waals surface area contributed by atoms with Crippen molar-refractivity contribution in [3.8, 4) is 0 Å². The summed E-state index contributed by atoms with van der Waals surface area (Å²) < 4.78 is 68.5. The van der Waals surface area contributed by atoms with Crippen molar-refractivity contribution in [2.75, 3.05) is 6.61 Å². The topological polar surface area (TPSA) is 80.3 Å². The summed E-state index contributed by atoms with van der Waals surface area (Å²) >= 11 is 5.80.